The van der Waals surface area contributed by atoms with E-state index < -0.39 is 16.0 Å². The van der Waals surface area contributed by atoms with Gasteiger partial charge in [-0.15, -0.1) is 0 Å². The van der Waals surface area contributed by atoms with Gasteiger partial charge in [0.1, 0.15) is 0 Å². The van der Waals surface area contributed by atoms with Crippen LogP contribution in [-0.4, -0.2) is 31.4 Å². The molecule has 0 aliphatic heterocycles. The summed E-state index contributed by atoms with van der Waals surface area (Å²) in [7, 11) is -3.47. The summed E-state index contributed by atoms with van der Waals surface area (Å²) in [4.78, 5) is 23.1. The van der Waals surface area contributed by atoms with Gasteiger partial charge in [0.05, 0.1) is 10.5 Å². The Balaban J connectivity index is 1.51. The van der Waals surface area contributed by atoms with Crippen LogP contribution < -0.4 is 10.0 Å². The fourth-order valence-corrected chi connectivity index (χ4v) is 3.81. The lowest BCUT2D eigenvalue weighted by Crippen LogP contribution is -2.25. The van der Waals surface area contributed by atoms with Crippen molar-refractivity contribution in [3.8, 4) is 0 Å². The Morgan fingerprint density at radius 3 is 2.19 bits per heavy atom. The maximum absolute atomic E-state index is 12.1. The minimum atomic E-state index is -3.47. The van der Waals surface area contributed by atoms with Crippen molar-refractivity contribution in [2.45, 2.75) is 36.6 Å². The lowest BCUT2D eigenvalue weighted by Gasteiger charge is -2.08. The van der Waals surface area contributed by atoms with E-state index in [0.29, 0.717) is 12.1 Å². The summed E-state index contributed by atoms with van der Waals surface area (Å²) in [6, 6.07) is 12.5. The summed E-state index contributed by atoms with van der Waals surface area (Å²) >= 11 is 0. The second kappa shape index (κ2) is 7.89. The number of carbonyl (C=O) groups is 2. The average Bonchev–Trinajstić information content (AvgIpc) is 3.44. The zero-order chi connectivity index (χ0) is 19.4. The van der Waals surface area contributed by atoms with Gasteiger partial charge in [0.15, 0.2) is 0 Å². The highest BCUT2D eigenvalue weighted by molar-refractivity contribution is 7.89. The number of nitrogens with one attached hydrogen (secondary N) is 2. The number of carbonyl (C=O) groups excluding carboxylic acids is 1. The molecule has 0 radical (unpaired) electrons. The first-order valence-corrected chi connectivity index (χ1v) is 10.1. The van der Waals surface area contributed by atoms with Crippen molar-refractivity contribution in [3.05, 3.63) is 59.7 Å². The molecule has 1 aliphatic rings. The maximum atomic E-state index is 12.1. The number of aromatic carboxylic acids is 1. The van der Waals surface area contributed by atoms with Gasteiger partial charge in [-0.1, -0.05) is 12.1 Å². The second-order valence-electron chi connectivity index (χ2n) is 6.47. The molecule has 1 aliphatic carbocycles. The van der Waals surface area contributed by atoms with Crippen LogP contribution in [0.2, 0.25) is 0 Å². The minimum absolute atomic E-state index is 0.0583. The Labute approximate surface area is 157 Å². The van der Waals surface area contributed by atoms with Crippen molar-refractivity contribution in [2.75, 3.05) is 5.32 Å². The van der Waals surface area contributed by atoms with E-state index in [-0.39, 0.29) is 28.8 Å². The molecule has 7 nitrogen and oxygen atoms in total. The normalized spacial score (nSPS) is 13.9. The Morgan fingerprint density at radius 2 is 1.63 bits per heavy atom. The van der Waals surface area contributed by atoms with Gasteiger partial charge in [-0.3, -0.25) is 4.79 Å². The van der Waals surface area contributed by atoms with E-state index in [1.165, 1.54) is 24.3 Å². The Bertz CT molecular complexity index is 933. The molecule has 1 amide bonds. The predicted molar refractivity (Wildman–Crippen MR) is 100 cm³/mol. The molecule has 3 N–H and O–H groups in total. The molecule has 0 heterocycles. The van der Waals surface area contributed by atoms with Crippen LogP contribution in [-0.2, 0) is 21.2 Å². The molecule has 0 spiro atoms. The molecule has 27 heavy (non-hydrogen) atoms. The van der Waals surface area contributed by atoms with Crippen LogP contribution >= 0.6 is 0 Å². The van der Waals surface area contributed by atoms with Crippen molar-refractivity contribution in [1.29, 1.82) is 0 Å². The number of rotatable bonds is 8. The van der Waals surface area contributed by atoms with Crippen LogP contribution in [0.3, 0.4) is 0 Å². The SMILES string of the molecule is O=C(CCc1ccc(S(=O)(=O)NC2CC2)cc1)Nc1ccc(C(=O)O)cc1. The summed E-state index contributed by atoms with van der Waals surface area (Å²) in [6.45, 7) is 0. The lowest BCUT2D eigenvalue weighted by molar-refractivity contribution is -0.116. The van der Waals surface area contributed by atoms with E-state index in [1.807, 2.05) is 0 Å². The summed E-state index contributed by atoms with van der Waals surface area (Å²) < 4.78 is 26.9. The van der Waals surface area contributed by atoms with Crippen molar-refractivity contribution in [2.24, 2.45) is 0 Å². The average molecular weight is 388 g/mol. The van der Waals surface area contributed by atoms with Gasteiger partial charge in [0, 0.05) is 18.2 Å². The fraction of sp³-hybridized carbons (Fsp3) is 0.263. The molecule has 0 saturated heterocycles. The topological polar surface area (TPSA) is 113 Å². The third kappa shape index (κ3) is 5.38. The van der Waals surface area contributed by atoms with Crippen molar-refractivity contribution < 1.29 is 23.1 Å². The van der Waals surface area contributed by atoms with Gasteiger partial charge < -0.3 is 10.4 Å². The molecule has 2 aromatic rings. The first kappa shape index (κ1) is 19.1. The minimum Gasteiger partial charge on any atom is -0.478 e. The van der Waals surface area contributed by atoms with Gasteiger partial charge in [-0.05, 0) is 61.2 Å². The largest absolute Gasteiger partial charge is 0.478 e. The molecule has 1 fully saturated rings. The number of benzene rings is 2. The Kier molecular flexibility index (Phi) is 5.57. The first-order valence-electron chi connectivity index (χ1n) is 8.58. The van der Waals surface area contributed by atoms with Gasteiger partial charge in [0.2, 0.25) is 15.9 Å². The van der Waals surface area contributed by atoms with Gasteiger partial charge in [-0.25, -0.2) is 17.9 Å². The van der Waals surface area contributed by atoms with Gasteiger partial charge >= 0.3 is 5.97 Å². The molecule has 1 saturated carbocycles. The molecule has 3 rings (SSSR count). The lowest BCUT2D eigenvalue weighted by atomic mass is 10.1. The zero-order valence-corrected chi connectivity index (χ0v) is 15.3. The van der Waals surface area contributed by atoms with Crippen molar-refractivity contribution in [3.63, 3.8) is 0 Å². The molecule has 0 atom stereocenters. The zero-order valence-electron chi connectivity index (χ0n) is 14.5. The van der Waals surface area contributed by atoms with Crippen LogP contribution in [0.25, 0.3) is 0 Å². The number of hydrogen-bond acceptors (Lipinski definition) is 4. The monoisotopic (exact) mass is 388 g/mol. The third-order valence-electron chi connectivity index (χ3n) is 4.19. The molecule has 0 bridgehead atoms. The quantitative estimate of drug-likeness (QED) is 0.643. The Morgan fingerprint density at radius 1 is 1.00 bits per heavy atom. The van der Waals surface area contributed by atoms with E-state index in [1.54, 1.807) is 24.3 Å². The van der Waals surface area contributed by atoms with E-state index in [0.717, 1.165) is 18.4 Å². The smallest absolute Gasteiger partial charge is 0.335 e. The van der Waals surface area contributed by atoms with Crippen molar-refractivity contribution in [1.82, 2.24) is 4.72 Å². The number of hydrogen-bond donors (Lipinski definition) is 3. The molecular formula is C19H20N2O5S. The summed E-state index contributed by atoms with van der Waals surface area (Å²) in [5.41, 5.74) is 1.54. The van der Waals surface area contributed by atoms with Crippen LogP contribution in [0.4, 0.5) is 5.69 Å². The van der Waals surface area contributed by atoms with E-state index in [4.69, 9.17) is 5.11 Å². The second-order valence-corrected chi connectivity index (χ2v) is 8.18. The highest BCUT2D eigenvalue weighted by Gasteiger charge is 2.27. The number of amides is 1. The van der Waals surface area contributed by atoms with Gasteiger partial charge in [-0.2, -0.15) is 0 Å². The maximum Gasteiger partial charge on any atom is 0.335 e. The van der Waals surface area contributed by atoms with E-state index in [9.17, 15) is 18.0 Å². The van der Waals surface area contributed by atoms with Crippen LogP contribution in [0.1, 0.15) is 35.2 Å². The molecule has 142 valence electrons. The number of anilines is 1. The molecule has 0 aromatic heterocycles. The molecule has 8 heteroatoms. The summed E-state index contributed by atoms with van der Waals surface area (Å²) in [5, 5.41) is 11.6. The van der Waals surface area contributed by atoms with Crippen molar-refractivity contribution >= 4 is 27.6 Å². The first-order chi connectivity index (χ1) is 12.8. The highest BCUT2D eigenvalue weighted by Crippen LogP contribution is 2.22. The number of carboxylic acid groups (broad SMARTS) is 1. The Hall–Kier alpha value is -2.71. The summed E-state index contributed by atoms with van der Waals surface area (Å²) in [6.07, 6.45) is 2.46. The standard InChI is InChI=1S/C19H20N2O5S/c22-18(20-15-6-4-14(5-7-15)19(23)24)12-3-13-1-10-17(11-2-13)27(25,26)21-16-8-9-16/h1-2,4-7,10-11,16,21H,3,8-9,12H2,(H,20,22)(H,23,24). The highest BCUT2D eigenvalue weighted by atomic mass is 32.2. The molecule has 2 aromatic carbocycles. The van der Waals surface area contributed by atoms with E-state index >= 15 is 0 Å². The fourth-order valence-electron chi connectivity index (χ4n) is 2.50. The van der Waals surface area contributed by atoms with E-state index in [2.05, 4.69) is 10.0 Å². The summed E-state index contributed by atoms with van der Waals surface area (Å²) in [5.74, 6) is -1.23. The van der Waals surface area contributed by atoms with Crippen LogP contribution in [0.5, 0.6) is 0 Å². The number of sulfonamides is 1. The number of aryl methyl sites for hydroxylation is 1. The third-order valence-corrected chi connectivity index (χ3v) is 5.73. The number of carboxylic acids is 1. The van der Waals surface area contributed by atoms with Gasteiger partial charge in [0.25, 0.3) is 0 Å². The molecule has 0 unspecified atom stereocenters. The van der Waals surface area contributed by atoms with Crippen LogP contribution in [0.15, 0.2) is 53.4 Å². The predicted octanol–water partition coefficient (Wildman–Crippen LogP) is 2.40. The van der Waals surface area contributed by atoms with Crippen LogP contribution in [0, 0.1) is 0 Å². The molecular weight excluding hydrogens is 368 g/mol.